The van der Waals surface area contributed by atoms with Crippen molar-refractivity contribution in [1.82, 2.24) is 9.88 Å². The SMILES string of the molecule is Cc1cccc(NC(=O)CN2CCN(c3ncccc3[N+](=O)[O-])CC2)c1C. The van der Waals surface area contributed by atoms with Crippen molar-refractivity contribution in [3.8, 4) is 0 Å². The second-order valence-electron chi connectivity index (χ2n) is 6.66. The van der Waals surface area contributed by atoms with Crippen LogP contribution in [0, 0.1) is 24.0 Å². The van der Waals surface area contributed by atoms with Crippen LogP contribution in [0.15, 0.2) is 36.5 Å². The van der Waals surface area contributed by atoms with Gasteiger partial charge in [-0.25, -0.2) is 4.98 Å². The average molecular weight is 369 g/mol. The second kappa shape index (κ2) is 8.13. The molecular weight excluding hydrogens is 346 g/mol. The highest BCUT2D eigenvalue weighted by atomic mass is 16.6. The van der Waals surface area contributed by atoms with Gasteiger partial charge in [0.05, 0.1) is 11.5 Å². The maximum Gasteiger partial charge on any atom is 0.311 e. The van der Waals surface area contributed by atoms with E-state index >= 15 is 0 Å². The van der Waals surface area contributed by atoms with Crippen molar-refractivity contribution >= 4 is 23.1 Å². The number of carbonyl (C=O) groups excluding carboxylic acids is 1. The number of pyridine rings is 1. The maximum absolute atomic E-state index is 12.4. The van der Waals surface area contributed by atoms with E-state index in [1.165, 1.54) is 6.07 Å². The quantitative estimate of drug-likeness (QED) is 0.643. The highest BCUT2D eigenvalue weighted by Crippen LogP contribution is 2.25. The molecule has 3 rings (SSSR count). The van der Waals surface area contributed by atoms with Gasteiger partial charge in [0, 0.05) is 44.1 Å². The van der Waals surface area contributed by atoms with Crippen LogP contribution in [0.5, 0.6) is 0 Å². The maximum atomic E-state index is 12.4. The van der Waals surface area contributed by atoms with Gasteiger partial charge in [-0.3, -0.25) is 19.8 Å². The van der Waals surface area contributed by atoms with E-state index in [4.69, 9.17) is 0 Å². The van der Waals surface area contributed by atoms with Gasteiger partial charge in [0.2, 0.25) is 11.7 Å². The van der Waals surface area contributed by atoms with Crippen molar-refractivity contribution in [2.24, 2.45) is 0 Å². The van der Waals surface area contributed by atoms with Crippen molar-refractivity contribution in [1.29, 1.82) is 0 Å². The molecule has 0 bridgehead atoms. The summed E-state index contributed by atoms with van der Waals surface area (Å²) in [5, 5.41) is 14.1. The van der Waals surface area contributed by atoms with E-state index in [0.717, 1.165) is 16.8 Å². The number of piperazine rings is 1. The number of benzene rings is 1. The van der Waals surface area contributed by atoms with Crippen LogP contribution in [0.3, 0.4) is 0 Å². The molecule has 0 radical (unpaired) electrons. The molecule has 2 heterocycles. The smallest absolute Gasteiger partial charge is 0.311 e. The third-order valence-corrected chi connectivity index (χ3v) is 4.88. The molecule has 0 saturated carbocycles. The van der Waals surface area contributed by atoms with Gasteiger partial charge >= 0.3 is 5.69 Å². The summed E-state index contributed by atoms with van der Waals surface area (Å²) in [5.74, 6) is 0.336. The van der Waals surface area contributed by atoms with Gasteiger partial charge in [-0.15, -0.1) is 0 Å². The van der Waals surface area contributed by atoms with Gasteiger partial charge in [-0.2, -0.15) is 0 Å². The van der Waals surface area contributed by atoms with Crippen molar-refractivity contribution < 1.29 is 9.72 Å². The molecule has 1 aromatic carbocycles. The van der Waals surface area contributed by atoms with Gasteiger partial charge in [0.1, 0.15) is 0 Å². The first-order valence-corrected chi connectivity index (χ1v) is 8.88. The first kappa shape index (κ1) is 18.8. The van der Waals surface area contributed by atoms with Crippen LogP contribution in [-0.2, 0) is 4.79 Å². The number of hydrogen-bond donors (Lipinski definition) is 1. The standard InChI is InChI=1S/C19H23N5O3/c1-14-5-3-6-16(15(14)2)21-18(25)13-22-9-11-23(12-10-22)19-17(24(26)27)7-4-8-20-19/h3-8H,9-13H2,1-2H3,(H,21,25). The summed E-state index contributed by atoms with van der Waals surface area (Å²) in [5.41, 5.74) is 3.05. The molecule has 0 aliphatic carbocycles. The number of anilines is 2. The molecular formula is C19H23N5O3. The van der Waals surface area contributed by atoms with Gasteiger partial charge in [-0.1, -0.05) is 12.1 Å². The largest absolute Gasteiger partial charge is 0.348 e. The lowest BCUT2D eigenvalue weighted by atomic mass is 10.1. The number of nitrogens with one attached hydrogen (secondary N) is 1. The van der Waals surface area contributed by atoms with Gasteiger partial charge in [0.25, 0.3) is 0 Å². The predicted octanol–water partition coefficient (Wildman–Crippen LogP) is 2.37. The number of nitrogens with zero attached hydrogens (tertiary/aromatic N) is 4. The molecule has 1 aliphatic heterocycles. The zero-order chi connectivity index (χ0) is 19.4. The molecule has 2 aromatic rings. The Morgan fingerprint density at radius 1 is 1.19 bits per heavy atom. The van der Waals surface area contributed by atoms with Gasteiger partial charge < -0.3 is 10.2 Å². The molecule has 142 valence electrons. The third kappa shape index (κ3) is 4.40. The third-order valence-electron chi connectivity index (χ3n) is 4.88. The summed E-state index contributed by atoms with van der Waals surface area (Å²) in [7, 11) is 0. The van der Waals surface area contributed by atoms with E-state index in [1.54, 1.807) is 12.3 Å². The Labute approximate surface area is 158 Å². The molecule has 0 unspecified atom stereocenters. The fraction of sp³-hybridized carbons (Fsp3) is 0.368. The number of nitro groups is 1. The molecule has 8 heteroatoms. The summed E-state index contributed by atoms with van der Waals surface area (Å²) in [6.07, 6.45) is 1.56. The van der Waals surface area contributed by atoms with Crippen molar-refractivity contribution in [3.05, 3.63) is 57.8 Å². The second-order valence-corrected chi connectivity index (χ2v) is 6.66. The fourth-order valence-corrected chi connectivity index (χ4v) is 3.17. The first-order chi connectivity index (χ1) is 13.0. The van der Waals surface area contributed by atoms with Crippen LogP contribution in [-0.4, -0.2) is 53.4 Å². The number of amides is 1. The molecule has 27 heavy (non-hydrogen) atoms. The van der Waals surface area contributed by atoms with Crippen LogP contribution in [0.4, 0.5) is 17.2 Å². The predicted molar refractivity (Wildman–Crippen MR) is 104 cm³/mol. The molecule has 1 aromatic heterocycles. The van der Waals surface area contributed by atoms with Crippen molar-refractivity contribution in [2.45, 2.75) is 13.8 Å². The monoisotopic (exact) mass is 369 g/mol. The molecule has 0 atom stereocenters. The van der Waals surface area contributed by atoms with E-state index < -0.39 is 4.92 Å². The molecule has 1 saturated heterocycles. The van der Waals surface area contributed by atoms with Gasteiger partial charge in [0.15, 0.2) is 0 Å². The Morgan fingerprint density at radius 3 is 2.63 bits per heavy atom. The number of aryl methyl sites for hydroxylation is 1. The van der Waals surface area contributed by atoms with E-state index in [1.807, 2.05) is 41.8 Å². The van der Waals surface area contributed by atoms with E-state index in [-0.39, 0.29) is 11.6 Å². The topological polar surface area (TPSA) is 91.6 Å². The van der Waals surface area contributed by atoms with Crippen LogP contribution < -0.4 is 10.2 Å². The van der Waals surface area contributed by atoms with Crippen LogP contribution in [0.25, 0.3) is 0 Å². The van der Waals surface area contributed by atoms with Gasteiger partial charge in [-0.05, 0) is 37.1 Å². The Kier molecular flexibility index (Phi) is 5.66. The van der Waals surface area contributed by atoms with Crippen molar-refractivity contribution in [2.75, 3.05) is 42.9 Å². The Balaban J connectivity index is 1.56. The minimum Gasteiger partial charge on any atom is -0.348 e. The Bertz CT molecular complexity index is 847. The highest BCUT2D eigenvalue weighted by molar-refractivity contribution is 5.93. The van der Waals surface area contributed by atoms with Crippen LogP contribution in [0.1, 0.15) is 11.1 Å². The van der Waals surface area contributed by atoms with E-state index in [9.17, 15) is 14.9 Å². The molecule has 1 N–H and O–H groups in total. The summed E-state index contributed by atoms with van der Waals surface area (Å²) in [6, 6.07) is 8.87. The summed E-state index contributed by atoms with van der Waals surface area (Å²) >= 11 is 0. The molecule has 1 amide bonds. The van der Waals surface area contributed by atoms with Crippen LogP contribution >= 0.6 is 0 Å². The van der Waals surface area contributed by atoms with E-state index in [2.05, 4.69) is 10.3 Å². The fourth-order valence-electron chi connectivity index (χ4n) is 3.17. The molecule has 0 spiro atoms. The van der Waals surface area contributed by atoms with Crippen molar-refractivity contribution in [3.63, 3.8) is 0 Å². The zero-order valence-corrected chi connectivity index (χ0v) is 15.5. The normalized spacial score (nSPS) is 14.8. The summed E-state index contributed by atoms with van der Waals surface area (Å²) in [4.78, 5) is 31.3. The molecule has 1 fully saturated rings. The number of carbonyl (C=O) groups is 1. The van der Waals surface area contributed by atoms with E-state index in [0.29, 0.717) is 38.5 Å². The minimum atomic E-state index is -0.410. The Morgan fingerprint density at radius 2 is 1.93 bits per heavy atom. The lowest BCUT2D eigenvalue weighted by molar-refractivity contribution is -0.384. The average Bonchev–Trinajstić information content (AvgIpc) is 2.66. The number of aromatic nitrogens is 1. The summed E-state index contributed by atoms with van der Waals surface area (Å²) < 4.78 is 0. The summed E-state index contributed by atoms with van der Waals surface area (Å²) in [6.45, 7) is 6.78. The first-order valence-electron chi connectivity index (χ1n) is 8.88. The number of hydrogen-bond acceptors (Lipinski definition) is 6. The zero-order valence-electron chi connectivity index (χ0n) is 15.5. The molecule has 8 nitrogen and oxygen atoms in total. The van der Waals surface area contributed by atoms with Crippen LogP contribution in [0.2, 0.25) is 0 Å². The highest BCUT2D eigenvalue weighted by Gasteiger charge is 2.25. The lowest BCUT2D eigenvalue weighted by Gasteiger charge is -2.34. The minimum absolute atomic E-state index is 0.0126. The molecule has 1 aliphatic rings. The number of rotatable bonds is 5. The lowest BCUT2D eigenvalue weighted by Crippen LogP contribution is -2.49. The Hall–Kier alpha value is -3.00.